The van der Waals surface area contributed by atoms with Crippen molar-refractivity contribution in [2.24, 2.45) is 0 Å². The van der Waals surface area contributed by atoms with Crippen molar-refractivity contribution >= 4 is 5.78 Å². The molecule has 2 aromatic rings. The molecule has 1 aliphatic rings. The van der Waals surface area contributed by atoms with E-state index in [-0.39, 0.29) is 5.78 Å². The Morgan fingerprint density at radius 3 is 2.47 bits per heavy atom. The fraction of sp³-hybridized carbons (Fsp3) is 0.235. The largest absolute Gasteiger partial charge is 0.494 e. The summed E-state index contributed by atoms with van der Waals surface area (Å²) in [4.78, 5) is 12.3. The van der Waals surface area contributed by atoms with Gasteiger partial charge >= 0.3 is 0 Å². The molecule has 0 saturated carbocycles. The molecule has 0 bridgehead atoms. The van der Waals surface area contributed by atoms with Crippen molar-refractivity contribution in [1.29, 1.82) is 0 Å². The molecule has 0 atom stereocenters. The minimum atomic E-state index is 0.103. The second-order valence-corrected chi connectivity index (χ2v) is 4.78. The van der Waals surface area contributed by atoms with E-state index in [2.05, 4.69) is 6.92 Å². The highest BCUT2D eigenvalue weighted by molar-refractivity contribution is 6.21. The van der Waals surface area contributed by atoms with Crippen LogP contribution >= 0.6 is 0 Å². The van der Waals surface area contributed by atoms with Gasteiger partial charge in [0.1, 0.15) is 5.75 Å². The van der Waals surface area contributed by atoms with E-state index in [0.29, 0.717) is 6.61 Å². The van der Waals surface area contributed by atoms with E-state index in [9.17, 15) is 4.79 Å². The third kappa shape index (κ3) is 2.03. The first kappa shape index (κ1) is 12.0. The molecular formula is C17H16O2. The van der Waals surface area contributed by atoms with E-state index >= 15 is 0 Å². The molecule has 0 N–H and O–H groups in total. The van der Waals surface area contributed by atoms with Crippen LogP contribution in [0.15, 0.2) is 42.5 Å². The van der Waals surface area contributed by atoms with Crippen molar-refractivity contribution in [3.63, 3.8) is 0 Å². The van der Waals surface area contributed by atoms with Gasteiger partial charge in [-0.05, 0) is 35.7 Å². The highest BCUT2D eigenvalue weighted by Gasteiger charge is 2.26. The van der Waals surface area contributed by atoms with E-state index in [1.54, 1.807) is 0 Å². The lowest BCUT2D eigenvalue weighted by atomic mass is 10.1. The molecule has 96 valence electrons. The van der Waals surface area contributed by atoms with Crippen LogP contribution in [0, 0.1) is 0 Å². The van der Waals surface area contributed by atoms with Crippen LogP contribution in [0.3, 0.4) is 0 Å². The molecule has 0 amide bonds. The van der Waals surface area contributed by atoms with E-state index in [1.807, 2.05) is 42.5 Å². The minimum absolute atomic E-state index is 0.103. The molecular weight excluding hydrogens is 236 g/mol. The maximum Gasteiger partial charge on any atom is 0.194 e. The first-order chi connectivity index (χ1) is 9.31. The lowest BCUT2D eigenvalue weighted by molar-refractivity contribution is 0.104. The Bertz CT molecular complexity index is 629. The molecule has 0 aliphatic heterocycles. The topological polar surface area (TPSA) is 26.3 Å². The average molecular weight is 252 g/mol. The summed E-state index contributed by atoms with van der Waals surface area (Å²) in [6.45, 7) is 2.84. The van der Waals surface area contributed by atoms with Gasteiger partial charge in [0.25, 0.3) is 0 Å². The lowest BCUT2D eigenvalue weighted by Crippen LogP contribution is -1.99. The molecule has 19 heavy (non-hydrogen) atoms. The van der Waals surface area contributed by atoms with Gasteiger partial charge in [-0.1, -0.05) is 37.6 Å². The van der Waals surface area contributed by atoms with E-state index in [4.69, 9.17) is 4.74 Å². The molecule has 0 aromatic heterocycles. The maximum absolute atomic E-state index is 12.3. The minimum Gasteiger partial charge on any atom is -0.494 e. The zero-order chi connectivity index (χ0) is 13.2. The summed E-state index contributed by atoms with van der Waals surface area (Å²) in [5, 5.41) is 0. The summed E-state index contributed by atoms with van der Waals surface area (Å²) in [6, 6.07) is 13.6. The molecule has 2 heteroatoms. The Morgan fingerprint density at radius 1 is 0.947 bits per heavy atom. The quantitative estimate of drug-likeness (QED) is 0.654. The molecule has 2 aromatic carbocycles. The summed E-state index contributed by atoms with van der Waals surface area (Å²) in [5.74, 6) is 0.889. The summed E-state index contributed by atoms with van der Waals surface area (Å²) >= 11 is 0. The van der Waals surface area contributed by atoms with Gasteiger partial charge in [0.15, 0.2) is 5.78 Å². The van der Waals surface area contributed by atoms with E-state index in [0.717, 1.165) is 40.8 Å². The number of ether oxygens (including phenoxy) is 1. The van der Waals surface area contributed by atoms with Gasteiger partial charge in [0, 0.05) is 11.1 Å². The normalized spacial score (nSPS) is 12.2. The van der Waals surface area contributed by atoms with Crippen LogP contribution < -0.4 is 4.74 Å². The van der Waals surface area contributed by atoms with Crippen LogP contribution in [-0.2, 0) is 0 Å². The zero-order valence-corrected chi connectivity index (χ0v) is 11.0. The first-order valence-corrected chi connectivity index (χ1v) is 6.72. The van der Waals surface area contributed by atoms with Crippen LogP contribution in [0.4, 0.5) is 0 Å². The highest BCUT2D eigenvalue weighted by Crippen LogP contribution is 2.37. The van der Waals surface area contributed by atoms with Crippen molar-refractivity contribution in [1.82, 2.24) is 0 Å². The van der Waals surface area contributed by atoms with Crippen molar-refractivity contribution in [2.45, 2.75) is 19.8 Å². The Balaban J connectivity index is 1.94. The average Bonchev–Trinajstić information content (AvgIpc) is 2.73. The molecule has 0 saturated heterocycles. The first-order valence-electron chi connectivity index (χ1n) is 6.72. The van der Waals surface area contributed by atoms with Crippen LogP contribution in [0.1, 0.15) is 35.7 Å². The van der Waals surface area contributed by atoms with Gasteiger partial charge in [0.2, 0.25) is 0 Å². The number of ketones is 1. The standard InChI is InChI=1S/C17H16O2/c1-2-3-10-19-12-8-9-14-13-6-4-5-7-15(13)17(18)16(14)11-12/h4-9,11H,2-3,10H2,1H3. The fourth-order valence-corrected chi connectivity index (χ4v) is 2.43. The summed E-state index contributed by atoms with van der Waals surface area (Å²) in [7, 11) is 0. The molecule has 1 aliphatic carbocycles. The van der Waals surface area contributed by atoms with Gasteiger partial charge < -0.3 is 4.74 Å². The monoisotopic (exact) mass is 252 g/mol. The van der Waals surface area contributed by atoms with Gasteiger partial charge in [-0.15, -0.1) is 0 Å². The number of carbonyl (C=O) groups is 1. The predicted molar refractivity (Wildman–Crippen MR) is 75.7 cm³/mol. The van der Waals surface area contributed by atoms with Crippen molar-refractivity contribution < 1.29 is 9.53 Å². The fourth-order valence-electron chi connectivity index (χ4n) is 2.43. The third-order valence-electron chi connectivity index (χ3n) is 3.46. The molecule has 0 spiro atoms. The van der Waals surface area contributed by atoms with Gasteiger partial charge in [-0.25, -0.2) is 0 Å². The molecule has 0 fully saturated rings. The number of benzene rings is 2. The SMILES string of the molecule is CCCCOc1ccc2c(c1)C(=O)c1ccccc1-2. The smallest absolute Gasteiger partial charge is 0.194 e. The van der Waals surface area contributed by atoms with Crippen LogP contribution in [0.2, 0.25) is 0 Å². The van der Waals surface area contributed by atoms with E-state index < -0.39 is 0 Å². The number of rotatable bonds is 4. The van der Waals surface area contributed by atoms with Crippen LogP contribution in [-0.4, -0.2) is 12.4 Å². The second kappa shape index (κ2) is 4.88. The van der Waals surface area contributed by atoms with Crippen LogP contribution in [0.25, 0.3) is 11.1 Å². The number of hydrogen-bond donors (Lipinski definition) is 0. The predicted octanol–water partition coefficient (Wildman–Crippen LogP) is 4.08. The Hall–Kier alpha value is -2.09. The second-order valence-electron chi connectivity index (χ2n) is 4.78. The summed E-state index contributed by atoms with van der Waals surface area (Å²) in [5.41, 5.74) is 3.60. The van der Waals surface area contributed by atoms with Gasteiger partial charge in [-0.3, -0.25) is 4.79 Å². The molecule has 0 heterocycles. The maximum atomic E-state index is 12.3. The van der Waals surface area contributed by atoms with Crippen LogP contribution in [0.5, 0.6) is 5.75 Å². The zero-order valence-electron chi connectivity index (χ0n) is 11.0. The van der Waals surface area contributed by atoms with Crippen molar-refractivity contribution in [3.05, 3.63) is 53.6 Å². The Kier molecular flexibility index (Phi) is 3.08. The number of carbonyl (C=O) groups excluding carboxylic acids is 1. The molecule has 2 nitrogen and oxygen atoms in total. The number of unbranched alkanes of at least 4 members (excludes halogenated alkanes) is 1. The molecule has 0 radical (unpaired) electrons. The number of fused-ring (bicyclic) bond motifs is 3. The van der Waals surface area contributed by atoms with Gasteiger partial charge in [0.05, 0.1) is 6.61 Å². The summed E-state index contributed by atoms with van der Waals surface area (Å²) in [6.07, 6.45) is 2.14. The summed E-state index contributed by atoms with van der Waals surface area (Å²) < 4.78 is 5.67. The number of hydrogen-bond acceptors (Lipinski definition) is 2. The lowest BCUT2D eigenvalue weighted by Gasteiger charge is -2.07. The van der Waals surface area contributed by atoms with Crippen molar-refractivity contribution in [2.75, 3.05) is 6.61 Å². The molecule has 3 rings (SSSR count). The Labute approximate surface area is 113 Å². The highest BCUT2D eigenvalue weighted by atomic mass is 16.5. The Morgan fingerprint density at radius 2 is 1.68 bits per heavy atom. The van der Waals surface area contributed by atoms with Gasteiger partial charge in [-0.2, -0.15) is 0 Å². The van der Waals surface area contributed by atoms with E-state index in [1.165, 1.54) is 0 Å². The van der Waals surface area contributed by atoms with Crippen molar-refractivity contribution in [3.8, 4) is 16.9 Å². The molecule has 0 unspecified atom stereocenters. The third-order valence-corrected chi connectivity index (χ3v) is 3.46.